The summed E-state index contributed by atoms with van der Waals surface area (Å²) in [6.45, 7) is 1.35. The first-order valence-corrected chi connectivity index (χ1v) is 4.77. The molecule has 0 aromatic rings. The van der Waals surface area contributed by atoms with Crippen LogP contribution in [0.25, 0.3) is 0 Å². The molecule has 0 aliphatic heterocycles. The van der Waals surface area contributed by atoms with E-state index in [0.717, 1.165) is 13.5 Å². The number of unbranched alkanes of at least 4 members (excludes halogenated alkanes) is 1. The number of esters is 1. The topological polar surface area (TPSA) is 46.6 Å². The minimum atomic E-state index is -4.96. The maximum Gasteiger partial charge on any atom is 0.471 e. The fraction of sp³-hybridized carbons (Fsp3) is 0.778. The van der Waals surface area contributed by atoms with Crippen molar-refractivity contribution >= 4 is 11.9 Å². The molecule has 0 atom stereocenters. The smallest absolute Gasteiger partial charge is 0.464 e. The van der Waals surface area contributed by atoms with Crippen molar-refractivity contribution in [3.8, 4) is 0 Å². The number of amides is 1. The van der Waals surface area contributed by atoms with Crippen LogP contribution in [-0.4, -0.2) is 43.2 Å². The van der Waals surface area contributed by atoms with E-state index in [-0.39, 0.29) is 11.5 Å². The number of likely N-dealkylation sites (N-methyl/N-ethyl adjacent to an activating group) is 1. The summed E-state index contributed by atoms with van der Waals surface area (Å²) in [5.41, 5.74) is 0. The summed E-state index contributed by atoms with van der Waals surface area (Å²) in [6, 6.07) is 0. The summed E-state index contributed by atoms with van der Waals surface area (Å²) in [5.74, 6) is -2.89. The summed E-state index contributed by atoms with van der Waals surface area (Å²) in [7, 11) is 0.900. The Morgan fingerprint density at radius 2 is 1.88 bits per heavy atom. The molecule has 0 rings (SSSR count). The van der Waals surface area contributed by atoms with Gasteiger partial charge in [-0.3, -0.25) is 9.59 Å². The molecule has 0 radical (unpaired) electrons. The largest absolute Gasteiger partial charge is 0.471 e. The number of alkyl halides is 3. The number of carbonyl (C=O) groups excluding carboxylic acids is 2. The van der Waals surface area contributed by atoms with E-state index in [0.29, 0.717) is 6.42 Å². The van der Waals surface area contributed by atoms with E-state index >= 15 is 0 Å². The Bertz CT molecular complexity index is 253. The van der Waals surface area contributed by atoms with E-state index in [1.54, 1.807) is 0 Å². The van der Waals surface area contributed by atoms with Crippen molar-refractivity contribution in [1.29, 1.82) is 0 Å². The van der Waals surface area contributed by atoms with E-state index in [2.05, 4.69) is 4.74 Å². The molecule has 0 aliphatic carbocycles. The fourth-order valence-electron chi connectivity index (χ4n) is 0.858. The van der Waals surface area contributed by atoms with Gasteiger partial charge in [-0.2, -0.15) is 13.2 Å². The van der Waals surface area contributed by atoms with Gasteiger partial charge in [0.15, 0.2) is 0 Å². The Hall–Kier alpha value is -1.27. The monoisotopic (exact) mass is 241 g/mol. The number of ether oxygens (including phenoxy) is 1. The number of nitrogens with zero attached hydrogens (tertiary/aromatic N) is 1. The SMILES string of the molecule is CCCCOC(=O)CN(C)C(=O)C(F)(F)F. The summed E-state index contributed by atoms with van der Waals surface area (Å²) in [5, 5.41) is 0. The van der Waals surface area contributed by atoms with Gasteiger partial charge in [0, 0.05) is 7.05 Å². The first kappa shape index (κ1) is 14.7. The maximum absolute atomic E-state index is 11.9. The van der Waals surface area contributed by atoms with Crippen LogP contribution in [0.4, 0.5) is 13.2 Å². The molecule has 0 unspecified atom stereocenters. The number of hydrogen-bond donors (Lipinski definition) is 0. The van der Waals surface area contributed by atoms with Crippen molar-refractivity contribution < 1.29 is 27.5 Å². The van der Waals surface area contributed by atoms with Crippen molar-refractivity contribution in [3.63, 3.8) is 0 Å². The molecule has 4 nitrogen and oxygen atoms in total. The molecule has 0 bridgehead atoms. The van der Waals surface area contributed by atoms with Gasteiger partial charge in [0.05, 0.1) is 6.61 Å². The molecule has 7 heteroatoms. The average molecular weight is 241 g/mol. The van der Waals surface area contributed by atoms with E-state index in [9.17, 15) is 22.8 Å². The predicted molar refractivity (Wildman–Crippen MR) is 49.6 cm³/mol. The minimum absolute atomic E-state index is 0.156. The molecule has 0 aliphatic rings. The predicted octanol–water partition coefficient (Wildman–Crippen LogP) is 1.35. The molecule has 16 heavy (non-hydrogen) atoms. The van der Waals surface area contributed by atoms with Crippen LogP contribution in [0.5, 0.6) is 0 Å². The van der Waals surface area contributed by atoms with Gasteiger partial charge in [-0.05, 0) is 6.42 Å². The molecule has 0 fully saturated rings. The van der Waals surface area contributed by atoms with Crippen molar-refractivity contribution in [2.45, 2.75) is 25.9 Å². The lowest BCUT2D eigenvalue weighted by molar-refractivity contribution is -0.185. The lowest BCUT2D eigenvalue weighted by Crippen LogP contribution is -2.41. The zero-order chi connectivity index (χ0) is 12.8. The highest BCUT2D eigenvalue weighted by atomic mass is 19.4. The molecule has 0 heterocycles. The molecular weight excluding hydrogens is 227 g/mol. The van der Waals surface area contributed by atoms with Gasteiger partial charge >= 0.3 is 18.1 Å². The Kier molecular flexibility index (Phi) is 5.84. The van der Waals surface area contributed by atoms with Gasteiger partial charge in [0.1, 0.15) is 6.54 Å². The van der Waals surface area contributed by atoms with Gasteiger partial charge in [0.25, 0.3) is 0 Å². The second kappa shape index (κ2) is 6.34. The molecule has 0 N–H and O–H groups in total. The van der Waals surface area contributed by atoms with E-state index < -0.39 is 24.6 Å². The molecule has 0 aromatic heterocycles. The zero-order valence-corrected chi connectivity index (χ0v) is 9.13. The second-order valence-electron chi connectivity index (χ2n) is 3.23. The second-order valence-corrected chi connectivity index (χ2v) is 3.23. The molecule has 0 spiro atoms. The van der Waals surface area contributed by atoms with Crippen LogP contribution >= 0.6 is 0 Å². The molecule has 1 amide bonds. The summed E-state index contributed by atoms with van der Waals surface area (Å²) < 4.78 is 40.4. The van der Waals surface area contributed by atoms with Crippen LogP contribution in [0.15, 0.2) is 0 Å². The van der Waals surface area contributed by atoms with Crippen LogP contribution in [0.2, 0.25) is 0 Å². The molecule has 94 valence electrons. The fourth-order valence-corrected chi connectivity index (χ4v) is 0.858. The summed E-state index contributed by atoms with van der Waals surface area (Å²) in [6.07, 6.45) is -3.51. The third kappa shape index (κ3) is 5.57. The average Bonchev–Trinajstić information content (AvgIpc) is 2.15. The number of halogens is 3. The van der Waals surface area contributed by atoms with Crippen LogP contribution < -0.4 is 0 Å². The van der Waals surface area contributed by atoms with Crippen LogP contribution in [0.1, 0.15) is 19.8 Å². The third-order valence-corrected chi connectivity index (χ3v) is 1.72. The minimum Gasteiger partial charge on any atom is -0.464 e. The van der Waals surface area contributed by atoms with Crippen LogP contribution in [-0.2, 0) is 14.3 Å². The maximum atomic E-state index is 11.9. The van der Waals surface area contributed by atoms with Gasteiger partial charge < -0.3 is 9.64 Å². The lowest BCUT2D eigenvalue weighted by Gasteiger charge is -2.17. The van der Waals surface area contributed by atoms with Crippen LogP contribution in [0.3, 0.4) is 0 Å². The van der Waals surface area contributed by atoms with Gasteiger partial charge in [-0.1, -0.05) is 13.3 Å². The van der Waals surface area contributed by atoms with Gasteiger partial charge in [-0.15, -0.1) is 0 Å². The lowest BCUT2D eigenvalue weighted by atomic mass is 10.4. The zero-order valence-electron chi connectivity index (χ0n) is 9.13. The Balaban J connectivity index is 4.00. The standard InChI is InChI=1S/C9H14F3NO3/c1-3-4-5-16-7(14)6-13(2)8(15)9(10,11)12/h3-6H2,1-2H3. The quantitative estimate of drug-likeness (QED) is 0.539. The van der Waals surface area contributed by atoms with E-state index in [1.807, 2.05) is 6.92 Å². The van der Waals surface area contributed by atoms with Crippen LogP contribution in [0, 0.1) is 0 Å². The summed E-state index contributed by atoms with van der Waals surface area (Å²) >= 11 is 0. The highest BCUT2D eigenvalue weighted by Gasteiger charge is 2.41. The molecule has 0 aromatic carbocycles. The molecule has 0 saturated heterocycles. The van der Waals surface area contributed by atoms with E-state index in [1.165, 1.54) is 0 Å². The Morgan fingerprint density at radius 1 is 1.31 bits per heavy atom. The van der Waals surface area contributed by atoms with Gasteiger partial charge in [0.2, 0.25) is 0 Å². The summed E-state index contributed by atoms with van der Waals surface area (Å²) in [4.78, 5) is 21.9. The van der Waals surface area contributed by atoms with Crippen molar-refractivity contribution in [1.82, 2.24) is 4.90 Å². The van der Waals surface area contributed by atoms with E-state index in [4.69, 9.17) is 0 Å². The first-order chi connectivity index (χ1) is 7.29. The highest BCUT2D eigenvalue weighted by molar-refractivity contribution is 5.85. The number of rotatable bonds is 5. The Labute approximate surface area is 91.4 Å². The normalized spacial score (nSPS) is 11.1. The first-order valence-electron chi connectivity index (χ1n) is 4.77. The van der Waals surface area contributed by atoms with Crippen molar-refractivity contribution in [2.24, 2.45) is 0 Å². The third-order valence-electron chi connectivity index (χ3n) is 1.72. The number of hydrogen-bond acceptors (Lipinski definition) is 3. The highest BCUT2D eigenvalue weighted by Crippen LogP contribution is 2.17. The Morgan fingerprint density at radius 3 is 2.31 bits per heavy atom. The van der Waals surface area contributed by atoms with Gasteiger partial charge in [-0.25, -0.2) is 0 Å². The number of carbonyl (C=O) groups is 2. The molecular formula is C9H14F3NO3. The van der Waals surface area contributed by atoms with Crippen molar-refractivity contribution in [2.75, 3.05) is 20.2 Å². The molecule has 0 saturated carbocycles. The van der Waals surface area contributed by atoms with Crippen molar-refractivity contribution in [3.05, 3.63) is 0 Å².